The van der Waals surface area contributed by atoms with Crippen molar-refractivity contribution in [3.8, 4) is 0 Å². The topological polar surface area (TPSA) is 18.5 Å². The summed E-state index contributed by atoms with van der Waals surface area (Å²) >= 11 is 0. The molecule has 0 unspecified atom stereocenters. The number of hydrogen-bond acceptors (Lipinski definition) is 2. The first-order valence-corrected chi connectivity index (χ1v) is 15.7. The molecular formula is C18H33BO2Si2. The van der Waals surface area contributed by atoms with E-state index in [0.717, 1.165) is 0 Å². The van der Waals surface area contributed by atoms with Crippen LogP contribution in [0.2, 0.25) is 39.3 Å². The Hall–Kier alpha value is -0.361. The molecular weight excluding hydrogens is 315 g/mol. The van der Waals surface area contributed by atoms with Crippen molar-refractivity contribution in [2.45, 2.75) is 78.2 Å². The molecule has 5 heteroatoms. The van der Waals surface area contributed by atoms with E-state index in [-0.39, 0.29) is 18.3 Å². The standard InChI is InChI=1S/C18H33BO2Si2/c1-17(2)18(3,4)21-19(20-17)14-11-12-15(22(5,6)7)16(13-14)23(8,9)10/h11-13H,1-10H3. The highest BCUT2D eigenvalue weighted by atomic mass is 28.3. The molecule has 128 valence electrons. The van der Waals surface area contributed by atoms with Crippen molar-refractivity contribution in [1.82, 2.24) is 0 Å². The van der Waals surface area contributed by atoms with E-state index in [0.29, 0.717) is 0 Å². The summed E-state index contributed by atoms with van der Waals surface area (Å²) in [6, 6.07) is 6.95. The molecule has 1 aliphatic heterocycles. The van der Waals surface area contributed by atoms with Gasteiger partial charge in [0.05, 0.1) is 27.3 Å². The van der Waals surface area contributed by atoms with Gasteiger partial charge in [0.2, 0.25) is 0 Å². The van der Waals surface area contributed by atoms with Crippen LogP contribution in [0.25, 0.3) is 0 Å². The summed E-state index contributed by atoms with van der Waals surface area (Å²) in [7, 11) is -3.03. The van der Waals surface area contributed by atoms with Gasteiger partial charge in [-0.2, -0.15) is 0 Å². The molecule has 1 fully saturated rings. The second-order valence-corrected chi connectivity index (χ2v) is 20.0. The first kappa shape index (κ1) is 19.0. The first-order valence-electron chi connectivity index (χ1n) is 8.66. The zero-order valence-electron chi connectivity index (χ0n) is 16.6. The largest absolute Gasteiger partial charge is 0.494 e. The lowest BCUT2D eigenvalue weighted by Crippen LogP contribution is -2.58. The molecule has 1 aromatic rings. The van der Waals surface area contributed by atoms with Gasteiger partial charge in [0.25, 0.3) is 0 Å². The highest BCUT2D eigenvalue weighted by Crippen LogP contribution is 2.36. The third-order valence-corrected chi connectivity index (χ3v) is 9.52. The average Bonchev–Trinajstić information content (AvgIpc) is 2.55. The monoisotopic (exact) mass is 348 g/mol. The molecule has 0 radical (unpaired) electrons. The van der Waals surface area contributed by atoms with Crippen LogP contribution in [0.3, 0.4) is 0 Å². The Bertz CT molecular complexity index is 582. The number of benzene rings is 1. The van der Waals surface area contributed by atoms with Crippen LogP contribution in [-0.2, 0) is 9.31 Å². The quantitative estimate of drug-likeness (QED) is 0.782. The maximum absolute atomic E-state index is 6.25. The van der Waals surface area contributed by atoms with Gasteiger partial charge in [-0.25, -0.2) is 0 Å². The first-order chi connectivity index (χ1) is 10.2. The van der Waals surface area contributed by atoms with Crippen molar-refractivity contribution >= 4 is 39.1 Å². The second kappa shape index (κ2) is 5.58. The molecule has 0 saturated carbocycles. The highest BCUT2D eigenvalue weighted by molar-refractivity contribution is 6.98. The molecule has 0 bridgehead atoms. The third-order valence-electron chi connectivity index (χ3n) is 5.19. The fourth-order valence-electron chi connectivity index (χ4n) is 2.96. The van der Waals surface area contributed by atoms with E-state index < -0.39 is 16.1 Å². The van der Waals surface area contributed by atoms with Gasteiger partial charge < -0.3 is 9.31 Å². The van der Waals surface area contributed by atoms with Crippen LogP contribution < -0.4 is 15.8 Å². The van der Waals surface area contributed by atoms with Gasteiger partial charge in [0, 0.05) is 0 Å². The predicted octanol–water partition coefficient (Wildman–Crippen LogP) is 3.08. The molecule has 0 aliphatic carbocycles. The summed E-state index contributed by atoms with van der Waals surface area (Å²) in [5.41, 5.74) is 0.603. The van der Waals surface area contributed by atoms with Crippen molar-refractivity contribution in [3.05, 3.63) is 18.2 Å². The van der Waals surface area contributed by atoms with Crippen molar-refractivity contribution in [1.29, 1.82) is 0 Å². The van der Waals surface area contributed by atoms with E-state index in [2.05, 4.69) is 85.2 Å². The normalized spacial score (nSPS) is 20.9. The molecule has 0 spiro atoms. The SMILES string of the molecule is CC1(C)OB(c2ccc([Si](C)(C)C)c([Si](C)(C)C)c2)OC1(C)C. The number of rotatable bonds is 3. The number of hydrogen-bond donors (Lipinski definition) is 0. The van der Waals surface area contributed by atoms with Crippen molar-refractivity contribution in [2.24, 2.45) is 0 Å². The fourth-order valence-corrected chi connectivity index (χ4v) is 8.17. The van der Waals surface area contributed by atoms with Crippen molar-refractivity contribution in [3.63, 3.8) is 0 Å². The summed E-state index contributed by atoms with van der Waals surface area (Å²) in [6.45, 7) is 23.0. The summed E-state index contributed by atoms with van der Waals surface area (Å²) in [5, 5.41) is 3.17. The van der Waals surface area contributed by atoms with Gasteiger partial charge >= 0.3 is 7.12 Å². The van der Waals surface area contributed by atoms with E-state index >= 15 is 0 Å². The van der Waals surface area contributed by atoms with Gasteiger partial charge in [-0.1, -0.05) is 67.9 Å². The lowest BCUT2D eigenvalue weighted by Gasteiger charge is -2.32. The smallest absolute Gasteiger partial charge is 0.399 e. The molecule has 2 rings (SSSR count). The molecule has 0 N–H and O–H groups in total. The van der Waals surface area contributed by atoms with Gasteiger partial charge in [-0.15, -0.1) is 0 Å². The van der Waals surface area contributed by atoms with Crippen LogP contribution in [0.1, 0.15) is 27.7 Å². The Balaban J connectivity index is 2.48. The Kier molecular flexibility index (Phi) is 4.60. The predicted molar refractivity (Wildman–Crippen MR) is 108 cm³/mol. The Morgan fingerprint density at radius 3 is 1.57 bits per heavy atom. The van der Waals surface area contributed by atoms with Crippen molar-refractivity contribution < 1.29 is 9.31 Å². The average molecular weight is 348 g/mol. The minimum absolute atomic E-state index is 0.259. The Morgan fingerprint density at radius 1 is 0.739 bits per heavy atom. The van der Waals surface area contributed by atoms with Crippen LogP contribution in [-0.4, -0.2) is 34.5 Å². The molecule has 0 aromatic heterocycles. The molecule has 1 heterocycles. The molecule has 0 amide bonds. The third kappa shape index (κ3) is 3.68. The molecule has 1 aliphatic rings. The zero-order chi connectivity index (χ0) is 17.8. The maximum Gasteiger partial charge on any atom is 0.494 e. The minimum Gasteiger partial charge on any atom is -0.399 e. The lowest BCUT2D eigenvalue weighted by atomic mass is 9.79. The van der Waals surface area contributed by atoms with E-state index in [1.165, 1.54) is 5.46 Å². The van der Waals surface area contributed by atoms with Crippen LogP contribution in [0, 0.1) is 0 Å². The summed E-state index contributed by atoms with van der Waals surface area (Å²) < 4.78 is 12.5. The van der Waals surface area contributed by atoms with Crippen LogP contribution >= 0.6 is 0 Å². The van der Waals surface area contributed by atoms with E-state index in [9.17, 15) is 0 Å². The van der Waals surface area contributed by atoms with Gasteiger partial charge in [-0.3, -0.25) is 0 Å². The lowest BCUT2D eigenvalue weighted by molar-refractivity contribution is 0.00578. The maximum atomic E-state index is 6.25. The Morgan fingerprint density at radius 2 is 1.17 bits per heavy atom. The van der Waals surface area contributed by atoms with Crippen molar-refractivity contribution in [2.75, 3.05) is 0 Å². The van der Waals surface area contributed by atoms with Gasteiger partial charge in [0.15, 0.2) is 0 Å². The molecule has 1 aromatic carbocycles. The van der Waals surface area contributed by atoms with E-state index in [1.54, 1.807) is 10.4 Å². The fraction of sp³-hybridized carbons (Fsp3) is 0.667. The Labute approximate surface area is 145 Å². The molecule has 23 heavy (non-hydrogen) atoms. The van der Waals surface area contributed by atoms with E-state index in [1.807, 2.05) is 0 Å². The zero-order valence-corrected chi connectivity index (χ0v) is 18.6. The van der Waals surface area contributed by atoms with Crippen LogP contribution in [0.5, 0.6) is 0 Å². The molecule has 0 atom stereocenters. The highest BCUT2D eigenvalue weighted by Gasteiger charge is 2.51. The van der Waals surface area contributed by atoms with Gasteiger partial charge in [-0.05, 0) is 33.2 Å². The summed E-state index contributed by atoms with van der Waals surface area (Å²) in [5.74, 6) is 0. The van der Waals surface area contributed by atoms with Gasteiger partial charge in [0.1, 0.15) is 0 Å². The van der Waals surface area contributed by atoms with Crippen LogP contribution in [0.15, 0.2) is 18.2 Å². The summed E-state index contributed by atoms with van der Waals surface area (Å²) in [6.07, 6.45) is 0. The van der Waals surface area contributed by atoms with E-state index in [4.69, 9.17) is 9.31 Å². The van der Waals surface area contributed by atoms with Crippen LogP contribution in [0.4, 0.5) is 0 Å². The molecule has 1 saturated heterocycles. The molecule has 2 nitrogen and oxygen atoms in total. The second-order valence-electron chi connectivity index (χ2n) is 9.89. The minimum atomic E-state index is -1.42. The summed E-state index contributed by atoms with van der Waals surface area (Å²) in [4.78, 5) is 0.